The number of benzene rings is 2. The molecule has 0 fully saturated rings. The van der Waals surface area contributed by atoms with Crippen molar-refractivity contribution in [3.63, 3.8) is 0 Å². The number of hydrogen-bond acceptors (Lipinski definition) is 3. The summed E-state index contributed by atoms with van der Waals surface area (Å²) in [6.45, 7) is 4.25. The third kappa shape index (κ3) is 6.79. The Kier molecular flexibility index (Phi) is 9.76. The van der Waals surface area contributed by atoms with Crippen LogP contribution in [0, 0.1) is 0 Å². The van der Waals surface area contributed by atoms with Gasteiger partial charge in [0.15, 0.2) is 6.61 Å². The van der Waals surface area contributed by atoms with Gasteiger partial charge < -0.3 is 15.0 Å². The van der Waals surface area contributed by atoms with E-state index >= 15 is 0 Å². The van der Waals surface area contributed by atoms with Crippen molar-refractivity contribution >= 4 is 46.6 Å². The van der Waals surface area contributed by atoms with Crippen LogP contribution >= 0.6 is 34.8 Å². The highest BCUT2D eigenvalue weighted by molar-refractivity contribution is 6.35. The Bertz CT molecular complexity index is 876. The first-order valence-corrected chi connectivity index (χ1v) is 10.9. The summed E-state index contributed by atoms with van der Waals surface area (Å²) in [4.78, 5) is 27.3. The number of nitrogens with one attached hydrogen (secondary N) is 1. The van der Waals surface area contributed by atoms with E-state index in [1.807, 2.05) is 13.8 Å². The molecule has 1 atom stereocenters. The lowest BCUT2D eigenvalue weighted by Gasteiger charge is -2.31. The lowest BCUT2D eigenvalue weighted by Crippen LogP contribution is -2.50. The minimum Gasteiger partial charge on any atom is -0.482 e. The molecule has 0 saturated carbocycles. The van der Waals surface area contributed by atoms with Crippen LogP contribution in [0.5, 0.6) is 5.75 Å². The van der Waals surface area contributed by atoms with Gasteiger partial charge in [0.25, 0.3) is 5.91 Å². The SMILES string of the molecule is CCCNC(=O)[C@@H](CC)N(Cc1ccc(Cl)cc1Cl)C(=O)COc1ccccc1Cl. The van der Waals surface area contributed by atoms with E-state index in [2.05, 4.69) is 5.32 Å². The van der Waals surface area contributed by atoms with Crippen LogP contribution < -0.4 is 10.1 Å². The van der Waals surface area contributed by atoms with Gasteiger partial charge in [-0.05, 0) is 42.7 Å². The molecule has 2 amide bonds. The summed E-state index contributed by atoms with van der Waals surface area (Å²) in [6, 6.07) is 11.3. The molecule has 0 heterocycles. The molecule has 0 unspecified atom stereocenters. The van der Waals surface area contributed by atoms with Gasteiger partial charge in [-0.25, -0.2) is 0 Å². The normalized spacial score (nSPS) is 11.6. The summed E-state index contributed by atoms with van der Waals surface area (Å²) >= 11 is 18.4. The van der Waals surface area contributed by atoms with Crippen molar-refractivity contribution in [3.8, 4) is 5.75 Å². The van der Waals surface area contributed by atoms with E-state index in [1.165, 1.54) is 4.90 Å². The Balaban J connectivity index is 2.25. The first kappa shape index (κ1) is 24.3. The molecule has 8 heteroatoms. The van der Waals surface area contributed by atoms with Crippen LogP contribution in [0.4, 0.5) is 0 Å². The number of halogens is 3. The summed E-state index contributed by atoms with van der Waals surface area (Å²) in [5, 5.41) is 4.19. The average Bonchev–Trinajstić information content (AvgIpc) is 2.72. The van der Waals surface area contributed by atoms with E-state index in [0.717, 1.165) is 6.42 Å². The molecule has 0 aromatic heterocycles. The van der Waals surface area contributed by atoms with Crippen molar-refractivity contribution < 1.29 is 14.3 Å². The zero-order valence-corrected chi connectivity index (χ0v) is 19.2. The van der Waals surface area contributed by atoms with E-state index in [9.17, 15) is 9.59 Å². The number of carbonyl (C=O) groups is 2. The minimum atomic E-state index is -0.661. The van der Waals surface area contributed by atoms with Gasteiger partial charge in [-0.2, -0.15) is 0 Å². The Morgan fingerprint density at radius 3 is 2.43 bits per heavy atom. The molecule has 0 aliphatic heterocycles. The standard InChI is InChI=1S/C22H25Cl3N2O3/c1-3-11-26-22(29)19(4-2)27(13-15-9-10-16(23)12-18(15)25)21(28)14-30-20-8-6-5-7-17(20)24/h5-10,12,19H,3-4,11,13-14H2,1-2H3,(H,26,29)/t19-/m1/s1. The van der Waals surface area contributed by atoms with Crippen molar-refractivity contribution in [2.75, 3.05) is 13.2 Å². The van der Waals surface area contributed by atoms with Gasteiger partial charge in [-0.1, -0.05) is 66.8 Å². The van der Waals surface area contributed by atoms with Gasteiger partial charge in [0.2, 0.25) is 5.91 Å². The molecular formula is C22H25Cl3N2O3. The molecule has 162 valence electrons. The quantitative estimate of drug-likeness (QED) is 0.507. The smallest absolute Gasteiger partial charge is 0.261 e. The van der Waals surface area contributed by atoms with Crippen molar-refractivity contribution in [2.45, 2.75) is 39.3 Å². The van der Waals surface area contributed by atoms with E-state index < -0.39 is 6.04 Å². The summed E-state index contributed by atoms with van der Waals surface area (Å²) < 4.78 is 5.61. The van der Waals surface area contributed by atoms with Crippen LogP contribution in [0.1, 0.15) is 32.3 Å². The average molecular weight is 472 g/mol. The highest BCUT2D eigenvalue weighted by Crippen LogP contribution is 2.25. The molecule has 2 aromatic carbocycles. The number of nitrogens with zero attached hydrogens (tertiary/aromatic N) is 1. The summed E-state index contributed by atoms with van der Waals surface area (Å²) in [7, 11) is 0. The molecule has 2 aromatic rings. The zero-order valence-electron chi connectivity index (χ0n) is 17.0. The third-order valence-electron chi connectivity index (χ3n) is 4.48. The van der Waals surface area contributed by atoms with Crippen LogP contribution in [-0.2, 0) is 16.1 Å². The Hall–Kier alpha value is -1.95. The maximum Gasteiger partial charge on any atom is 0.261 e. The fraction of sp³-hybridized carbons (Fsp3) is 0.364. The summed E-state index contributed by atoms with van der Waals surface area (Å²) in [5.74, 6) is -0.157. The maximum atomic E-state index is 13.1. The van der Waals surface area contributed by atoms with Crippen molar-refractivity contribution in [3.05, 3.63) is 63.1 Å². The largest absolute Gasteiger partial charge is 0.482 e. The van der Waals surface area contributed by atoms with E-state index in [1.54, 1.807) is 42.5 Å². The number of para-hydroxylation sites is 1. The molecule has 0 spiro atoms. The molecule has 0 aliphatic carbocycles. The minimum absolute atomic E-state index is 0.152. The first-order valence-electron chi connectivity index (χ1n) is 9.75. The van der Waals surface area contributed by atoms with Crippen molar-refractivity contribution in [2.24, 2.45) is 0 Å². The van der Waals surface area contributed by atoms with E-state index in [0.29, 0.717) is 39.3 Å². The fourth-order valence-corrected chi connectivity index (χ4v) is 3.56. The van der Waals surface area contributed by atoms with Crippen LogP contribution in [0.3, 0.4) is 0 Å². The van der Waals surface area contributed by atoms with Gasteiger partial charge in [0.1, 0.15) is 11.8 Å². The molecule has 0 bridgehead atoms. The monoisotopic (exact) mass is 470 g/mol. The van der Waals surface area contributed by atoms with Gasteiger partial charge in [-0.15, -0.1) is 0 Å². The second-order valence-corrected chi connectivity index (χ2v) is 7.94. The molecule has 0 radical (unpaired) electrons. The number of hydrogen-bond donors (Lipinski definition) is 1. The maximum absolute atomic E-state index is 13.1. The van der Waals surface area contributed by atoms with E-state index in [-0.39, 0.29) is 25.0 Å². The Morgan fingerprint density at radius 2 is 1.80 bits per heavy atom. The highest BCUT2D eigenvalue weighted by atomic mass is 35.5. The van der Waals surface area contributed by atoms with Crippen molar-refractivity contribution in [1.82, 2.24) is 10.2 Å². The fourth-order valence-electron chi connectivity index (χ4n) is 2.90. The second-order valence-electron chi connectivity index (χ2n) is 6.69. The number of rotatable bonds is 10. The highest BCUT2D eigenvalue weighted by Gasteiger charge is 2.29. The van der Waals surface area contributed by atoms with Crippen LogP contribution in [0.15, 0.2) is 42.5 Å². The molecule has 30 heavy (non-hydrogen) atoms. The lowest BCUT2D eigenvalue weighted by molar-refractivity contribution is -0.143. The van der Waals surface area contributed by atoms with Gasteiger partial charge in [0, 0.05) is 23.1 Å². The van der Waals surface area contributed by atoms with Crippen molar-refractivity contribution in [1.29, 1.82) is 0 Å². The van der Waals surface area contributed by atoms with Gasteiger partial charge >= 0.3 is 0 Å². The molecule has 5 nitrogen and oxygen atoms in total. The molecule has 0 aliphatic rings. The lowest BCUT2D eigenvalue weighted by atomic mass is 10.1. The van der Waals surface area contributed by atoms with Gasteiger partial charge in [-0.3, -0.25) is 9.59 Å². The predicted octanol–water partition coefficient (Wildman–Crippen LogP) is 5.36. The van der Waals surface area contributed by atoms with Gasteiger partial charge in [0.05, 0.1) is 5.02 Å². The topological polar surface area (TPSA) is 58.6 Å². The summed E-state index contributed by atoms with van der Waals surface area (Å²) in [5.41, 5.74) is 0.689. The molecule has 1 N–H and O–H groups in total. The summed E-state index contributed by atoms with van der Waals surface area (Å²) in [6.07, 6.45) is 1.24. The number of amides is 2. The third-order valence-corrected chi connectivity index (χ3v) is 5.38. The molecule has 2 rings (SSSR count). The second kappa shape index (κ2) is 12.0. The molecular weight excluding hydrogens is 447 g/mol. The number of ether oxygens (including phenoxy) is 1. The first-order chi connectivity index (χ1) is 14.4. The Labute approximate surface area is 192 Å². The van der Waals surface area contributed by atoms with Crippen LogP contribution in [-0.4, -0.2) is 35.9 Å². The Morgan fingerprint density at radius 1 is 1.07 bits per heavy atom. The van der Waals surface area contributed by atoms with E-state index in [4.69, 9.17) is 39.5 Å². The van der Waals surface area contributed by atoms with Crippen LogP contribution in [0.25, 0.3) is 0 Å². The molecule has 0 saturated heterocycles. The zero-order chi connectivity index (χ0) is 22.1. The predicted molar refractivity (Wildman–Crippen MR) is 121 cm³/mol. The van der Waals surface area contributed by atoms with Crippen LogP contribution in [0.2, 0.25) is 15.1 Å². The number of carbonyl (C=O) groups excluding carboxylic acids is 2.